The third-order valence-corrected chi connectivity index (χ3v) is 2.03. The van der Waals surface area contributed by atoms with E-state index in [1.807, 2.05) is 23.9 Å². The third-order valence-electron chi connectivity index (χ3n) is 2.03. The molecule has 0 fully saturated rings. The fourth-order valence-electron chi connectivity index (χ4n) is 1.11. The molecule has 0 aliphatic carbocycles. The lowest BCUT2D eigenvalue weighted by molar-refractivity contribution is 0.111. The molecule has 0 radical (unpaired) electrons. The molecule has 0 spiro atoms. The predicted molar refractivity (Wildman–Crippen MR) is 49.5 cm³/mol. The average molecular weight is 165 g/mol. The van der Waals surface area contributed by atoms with Gasteiger partial charge in [-0.1, -0.05) is 20.8 Å². The Hall–Kier alpha value is -1.05. The summed E-state index contributed by atoms with van der Waals surface area (Å²) >= 11 is 0. The summed E-state index contributed by atoms with van der Waals surface area (Å²) in [6.07, 6.45) is 2.89. The molecule has 66 valence electrons. The molecule has 0 unspecified atom stereocenters. The Balaban J connectivity index is 3.13. The molecule has 1 aromatic heterocycles. The van der Waals surface area contributed by atoms with E-state index in [-0.39, 0.29) is 5.41 Å². The highest BCUT2D eigenvalue weighted by Crippen LogP contribution is 2.23. The van der Waals surface area contributed by atoms with Crippen molar-refractivity contribution < 1.29 is 4.79 Å². The zero-order valence-electron chi connectivity index (χ0n) is 8.09. The van der Waals surface area contributed by atoms with Gasteiger partial charge in [0.15, 0.2) is 6.29 Å². The van der Waals surface area contributed by atoms with Gasteiger partial charge in [-0.25, -0.2) is 0 Å². The number of hydrogen-bond donors (Lipinski definition) is 0. The fraction of sp³-hybridized carbons (Fsp3) is 0.500. The zero-order valence-corrected chi connectivity index (χ0v) is 8.09. The van der Waals surface area contributed by atoms with Crippen LogP contribution < -0.4 is 0 Å². The minimum absolute atomic E-state index is 0.124. The average Bonchev–Trinajstić information content (AvgIpc) is 2.29. The van der Waals surface area contributed by atoms with Gasteiger partial charge in [-0.15, -0.1) is 0 Å². The number of hydrogen-bond acceptors (Lipinski definition) is 1. The lowest BCUT2D eigenvalue weighted by atomic mass is 9.89. The van der Waals surface area contributed by atoms with Crippen LogP contribution in [0.1, 0.15) is 36.8 Å². The second kappa shape index (κ2) is 2.77. The van der Waals surface area contributed by atoms with Crippen molar-refractivity contribution in [2.75, 3.05) is 0 Å². The van der Waals surface area contributed by atoms with Gasteiger partial charge >= 0.3 is 0 Å². The molecular formula is C10H15NO. The predicted octanol–water partition coefficient (Wildman–Crippen LogP) is 2.14. The Morgan fingerprint density at radius 1 is 1.42 bits per heavy atom. The van der Waals surface area contributed by atoms with Crippen LogP contribution in [0.5, 0.6) is 0 Å². The quantitative estimate of drug-likeness (QED) is 0.584. The molecule has 0 N–H and O–H groups in total. The van der Waals surface area contributed by atoms with Crippen LogP contribution in [0.4, 0.5) is 0 Å². The third kappa shape index (κ3) is 1.58. The SMILES string of the molecule is Cn1cc(C(C)(C)C)cc1C=O. The number of nitrogens with zero attached hydrogens (tertiary/aromatic N) is 1. The molecule has 1 heterocycles. The maximum atomic E-state index is 10.5. The minimum atomic E-state index is 0.124. The van der Waals surface area contributed by atoms with Crippen LogP contribution in [0.3, 0.4) is 0 Å². The molecule has 12 heavy (non-hydrogen) atoms. The zero-order chi connectivity index (χ0) is 9.35. The van der Waals surface area contributed by atoms with Gasteiger partial charge in [0.1, 0.15) is 0 Å². The van der Waals surface area contributed by atoms with Crippen molar-refractivity contribution in [3.05, 3.63) is 23.5 Å². The number of aryl methyl sites for hydroxylation is 1. The minimum Gasteiger partial charge on any atom is -0.348 e. The van der Waals surface area contributed by atoms with E-state index in [1.165, 1.54) is 5.56 Å². The molecule has 2 heteroatoms. The van der Waals surface area contributed by atoms with E-state index >= 15 is 0 Å². The molecule has 0 saturated carbocycles. The first-order valence-electron chi connectivity index (χ1n) is 4.07. The van der Waals surface area contributed by atoms with Gasteiger partial charge in [0, 0.05) is 13.2 Å². The monoisotopic (exact) mass is 165 g/mol. The maximum Gasteiger partial charge on any atom is 0.166 e. The molecule has 2 nitrogen and oxygen atoms in total. The number of carbonyl (C=O) groups excluding carboxylic acids is 1. The number of aromatic nitrogens is 1. The Morgan fingerprint density at radius 2 is 2.00 bits per heavy atom. The van der Waals surface area contributed by atoms with Crippen LogP contribution in [-0.4, -0.2) is 10.9 Å². The maximum absolute atomic E-state index is 10.5. The largest absolute Gasteiger partial charge is 0.348 e. The molecule has 0 saturated heterocycles. The number of carbonyl (C=O) groups is 1. The second-order valence-electron chi connectivity index (χ2n) is 4.13. The van der Waals surface area contributed by atoms with E-state index in [1.54, 1.807) is 0 Å². The van der Waals surface area contributed by atoms with E-state index in [0.717, 1.165) is 12.0 Å². The summed E-state index contributed by atoms with van der Waals surface area (Å²) in [5, 5.41) is 0. The highest BCUT2D eigenvalue weighted by Gasteiger charge is 2.16. The summed E-state index contributed by atoms with van der Waals surface area (Å²) < 4.78 is 1.85. The Morgan fingerprint density at radius 3 is 2.25 bits per heavy atom. The van der Waals surface area contributed by atoms with Crippen LogP contribution in [0, 0.1) is 0 Å². The van der Waals surface area contributed by atoms with Crippen LogP contribution in [0.2, 0.25) is 0 Å². The molecule has 0 aliphatic rings. The second-order valence-corrected chi connectivity index (χ2v) is 4.13. The van der Waals surface area contributed by atoms with Crippen molar-refractivity contribution in [2.45, 2.75) is 26.2 Å². The summed E-state index contributed by atoms with van der Waals surface area (Å²) in [4.78, 5) is 10.5. The normalized spacial score (nSPS) is 11.7. The highest BCUT2D eigenvalue weighted by molar-refractivity contribution is 5.73. The molecule has 1 rings (SSSR count). The van der Waals surface area contributed by atoms with Gasteiger partial charge in [-0.3, -0.25) is 4.79 Å². The van der Waals surface area contributed by atoms with Crippen molar-refractivity contribution >= 4 is 6.29 Å². The van der Waals surface area contributed by atoms with Gasteiger partial charge in [-0.05, 0) is 17.0 Å². The summed E-state index contributed by atoms with van der Waals surface area (Å²) in [7, 11) is 1.89. The van der Waals surface area contributed by atoms with E-state index in [0.29, 0.717) is 0 Å². The number of aldehydes is 1. The number of rotatable bonds is 1. The van der Waals surface area contributed by atoms with Gasteiger partial charge in [0.25, 0.3) is 0 Å². The Labute approximate surface area is 73.2 Å². The summed E-state index contributed by atoms with van der Waals surface area (Å²) in [5.74, 6) is 0. The fourth-order valence-corrected chi connectivity index (χ4v) is 1.11. The van der Waals surface area contributed by atoms with Gasteiger partial charge in [0.2, 0.25) is 0 Å². The first kappa shape index (κ1) is 9.04. The molecule has 0 amide bonds. The lowest BCUT2D eigenvalue weighted by Gasteiger charge is -2.15. The first-order valence-corrected chi connectivity index (χ1v) is 4.07. The smallest absolute Gasteiger partial charge is 0.166 e. The van der Waals surface area contributed by atoms with Crippen molar-refractivity contribution in [1.29, 1.82) is 0 Å². The molecule has 1 aromatic rings. The molecule has 0 aliphatic heterocycles. The topological polar surface area (TPSA) is 22.0 Å². The highest BCUT2D eigenvalue weighted by atomic mass is 16.1. The molecule has 0 bridgehead atoms. The van der Waals surface area contributed by atoms with Gasteiger partial charge < -0.3 is 4.57 Å². The Kier molecular flexibility index (Phi) is 2.09. The molecular weight excluding hydrogens is 150 g/mol. The standard InChI is InChI=1S/C10H15NO/c1-10(2,3)8-5-9(7-12)11(4)6-8/h5-7H,1-4H3. The molecule has 0 atom stereocenters. The lowest BCUT2D eigenvalue weighted by Crippen LogP contribution is -2.09. The summed E-state index contributed by atoms with van der Waals surface area (Å²) in [5.41, 5.74) is 2.06. The van der Waals surface area contributed by atoms with Crippen molar-refractivity contribution in [3.8, 4) is 0 Å². The van der Waals surface area contributed by atoms with Crippen LogP contribution >= 0.6 is 0 Å². The van der Waals surface area contributed by atoms with Crippen molar-refractivity contribution in [3.63, 3.8) is 0 Å². The van der Waals surface area contributed by atoms with Crippen molar-refractivity contribution in [2.24, 2.45) is 7.05 Å². The van der Waals surface area contributed by atoms with E-state index in [4.69, 9.17) is 0 Å². The first-order chi connectivity index (χ1) is 5.45. The summed E-state index contributed by atoms with van der Waals surface area (Å²) in [6, 6.07) is 1.94. The molecule has 0 aromatic carbocycles. The van der Waals surface area contributed by atoms with Gasteiger partial charge in [-0.2, -0.15) is 0 Å². The summed E-state index contributed by atoms with van der Waals surface area (Å²) in [6.45, 7) is 6.41. The van der Waals surface area contributed by atoms with Crippen LogP contribution in [0.25, 0.3) is 0 Å². The van der Waals surface area contributed by atoms with Crippen LogP contribution in [0.15, 0.2) is 12.3 Å². The van der Waals surface area contributed by atoms with Crippen molar-refractivity contribution in [1.82, 2.24) is 4.57 Å². The van der Waals surface area contributed by atoms with E-state index < -0.39 is 0 Å². The van der Waals surface area contributed by atoms with E-state index in [9.17, 15) is 4.79 Å². The van der Waals surface area contributed by atoms with E-state index in [2.05, 4.69) is 20.8 Å². The Bertz CT molecular complexity index is 291. The van der Waals surface area contributed by atoms with Gasteiger partial charge in [0.05, 0.1) is 5.69 Å². The van der Waals surface area contributed by atoms with Crippen LogP contribution in [-0.2, 0) is 12.5 Å².